The van der Waals surface area contributed by atoms with Crippen LogP contribution in [0.25, 0.3) is 32.7 Å². The first-order chi connectivity index (χ1) is 15.2. The Hall–Kier alpha value is -3.84. The van der Waals surface area contributed by atoms with E-state index >= 15 is 0 Å². The highest BCUT2D eigenvalue weighted by Gasteiger charge is 2.33. The molecule has 0 unspecified atom stereocenters. The Morgan fingerprint density at radius 3 is 2.48 bits per heavy atom. The van der Waals surface area contributed by atoms with E-state index in [1.807, 2.05) is 73.7 Å². The van der Waals surface area contributed by atoms with Gasteiger partial charge in [0.2, 0.25) is 4.96 Å². The number of amides is 1. The lowest BCUT2D eigenvalue weighted by Crippen LogP contribution is -2.32. The molecule has 6 rings (SSSR count). The number of hydrogen-bond donors (Lipinski definition) is 0. The van der Waals surface area contributed by atoms with Crippen LogP contribution in [0.4, 0.5) is 5.69 Å². The van der Waals surface area contributed by atoms with Crippen molar-refractivity contribution >= 4 is 44.2 Å². The summed E-state index contributed by atoms with van der Waals surface area (Å²) in [5.74, 6) is 0.351. The molecule has 7 heteroatoms. The van der Waals surface area contributed by atoms with Gasteiger partial charge in [-0.2, -0.15) is 9.50 Å². The third-order valence-corrected chi connectivity index (χ3v) is 6.68. The predicted octanol–water partition coefficient (Wildman–Crippen LogP) is 3.26. The van der Waals surface area contributed by atoms with E-state index in [-0.39, 0.29) is 11.5 Å². The molecule has 3 heterocycles. The summed E-state index contributed by atoms with van der Waals surface area (Å²) >= 11 is 1.21. The molecule has 0 atom stereocenters. The van der Waals surface area contributed by atoms with E-state index in [9.17, 15) is 9.59 Å². The maximum Gasteiger partial charge on any atom is 0.291 e. The van der Waals surface area contributed by atoms with E-state index < -0.39 is 0 Å². The maximum atomic E-state index is 13.3. The van der Waals surface area contributed by atoms with Crippen molar-refractivity contribution in [2.45, 2.75) is 6.92 Å². The number of hydrogen-bond acceptors (Lipinski definition) is 5. The molecule has 0 saturated heterocycles. The highest BCUT2D eigenvalue weighted by molar-refractivity contribution is 7.15. The summed E-state index contributed by atoms with van der Waals surface area (Å²) in [6.45, 7) is 2.47. The average Bonchev–Trinajstić information content (AvgIpc) is 3.43. The van der Waals surface area contributed by atoms with Gasteiger partial charge in [0.1, 0.15) is 4.53 Å². The van der Waals surface area contributed by atoms with Gasteiger partial charge in [-0.25, -0.2) is 0 Å². The van der Waals surface area contributed by atoms with Gasteiger partial charge in [0.25, 0.3) is 11.5 Å². The number of fused-ring (bicyclic) bond motifs is 3. The van der Waals surface area contributed by atoms with Crippen molar-refractivity contribution in [2.24, 2.45) is 0 Å². The van der Waals surface area contributed by atoms with Gasteiger partial charge in [-0.05, 0) is 23.8 Å². The van der Waals surface area contributed by atoms with Gasteiger partial charge >= 0.3 is 0 Å². The monoisotopic (exact) mass is 424 g/mol. The molecule has 0 aliphatic carbocycles. The number of rotatable bonds is 2. The quantitative estimate of drug-likeness (QED) is 0.436. The summed E-state index contributed by atoms with van der Waals surface area (Å²) < 4.78 is 1.70. The molecular weight excluding hydrogens is 408 g/mol. The summed E-state index contributed by atoms with van der Waals surface area (Å²) in [5.41, 5.74) is 2.62. The van der Waals surface area contributed by atoms with E-state index in [2.05, 4.69) is 10.1 Å². The molecule has 1 aliphatic rings. The number of benzene rings is 3. The van der Waals surface area contributed by atoms with Crippen LogP contribution >= 0.6 is 11.3 Å². The second kappa shape index (κ2) is 6.58. The number of aromatic nitrogens is 3. The van der Waals surface area contributed by atoms with Crippen LogP contribution in [0.15, 0.2) is 71.5 Å². The standard InChI is InChI=1S/C24H16N4O2S/c1-2-27-18-13-6-5-11-17(18)19(22(27)29)20-23(30)28-24(31-20)25-21(26-28)16-12-7-9-14-8-3-4-10-15(14)16/h3-13H,2H2,1H3. The van der Waals surface area contributed by atoms with Crippen molar-refractivity contribution in [1.29, 1.82) is 0 Å². The Morgan fingerprint density at radius 2 is 1.65 bits per heavy atom. The lowest BCUT2D eigenvalue weighted by Gasteiger charge is -2.13. The van der Waals surface area contributed by atoms with Crippen molar-refractivity contribution in [3.8, 4) is 11.4 Å². The second-order valence-electron chi connectivity index (χ2n) is 7.33. The minimum Gasteiger partial charge on any atom is -0.308 e. The van der Waals surface area contributed by atoms with Crippen LogP contribution in [0.3, 0.4) is 0 Å². The van der Waals surface area contributed by atoms with E-state index in [1.54, 1.807) is 4.90 Å². The van der Waals surface area contributed by atoms with Crippen LogP contribution in [-0.2, 0) is 4.79 Å². The smallest absolute Gasteiger partial charge is 0.291 e. The summed E-state index contributed by atoms with van der Waals surface area (Å²) in [6, 6.07) is 21.5. The van der Waals surface area contributed by atoms with Crippen LogP contribution in [0, 0.1) is 0 Å². The average molecular weight is 424 g/mol. The van der Waals surface area contributed by atoms with Crippen molar-refractivity contribution < 1.29 is 4.79 Å². The molecule has 5 aromatic rings. The third kappa shape index (κ3) is 2.50. The molecule has 0 spiro atoms. The zero-order valence-corrected chi connectivity index (χ0v) is 17.4. The topological polar surface area (TPSA) is 67.6 Å². The number of thiazole rings is 1. The first-order valence-corrected chi connectivity index (χ1v) is 10.8. The first-order valence-electron chi connectivity index (χ1n) is 10.0. The Kier molecular flexibility index (Phi) is 3.82. The van der Waals surface area contributed by atoms with Crippen LogP contribution in [0.5, 0.6) is 0 Å². The number of anilines is 1. The van der Waals surface area contributed by atoms with Crippen LogP contribution in [0.2, 0.25) is 0 Å². The fourth-order valence-corrected chi connectivity index (χ4v) is 5.23. The van der Waals surface area contributed by atoms with E-state index in [1.165, 1.54) is 15.9 Å². The van der Waals surface area contributed by atoms with E-state index in [0.717, 1.165) is 27.6 Å². The molecule has 0 N–H and O–H groups in total. The van der Waals surface area contributed by atoms with Gasteiger partial charge in [-0.3, -0.25) is 9.59 Å². The minimum atomic E-state index is -0.310. The van der Waals surface area contributed by atoms with E-state index in [0.29, 0.717) is 27.4 Å². The van der Waals surface area contributed by atoms with Crippen LogP contribution < -0.4 is 15.0 Å². The first kappa shape index (κ1) is 18.0. The van der Waals surface area contributed by atoms with Crippen molar-refractivity contribution in [3.05, 3.63) is 87.2 Å². The Balaban J connectivity index is 1.59. The van der Waals surface area contributed by atoms with Crippen LogP contribution in [-0.4, -0.2) is 27.0 Å². The molecule has 0 fully saturated rings. The molecule has 2 aromatic heterocycles. The highest BCUT2D eigenvalue weighted by atomic mass is 32.1. The van der Waals surface area contributed by atoms with E-state index in [4.69, 9.17) is 0 Å². The predicted molar refractivity (Wildman–Crippen MR) is 122 cm³/mol. The van der Waals surface area contributed by atoms with Gasteiger partial charge in [0, 0.05) is 17.7 Å². The largest absolute Gasteiger partial charge is 0.308 e. The van der Waals surface area contributed by atoms with Gasteiger partial charge in [-0.15, -0.1) is 5.10 Å². The summed E-state index contributed by atoms with van der Waals surface area (Å²) in [4.78, 5) is 33.2. The molecule has 0 radical (unpaired) electrons. The Labute approximate surface area is 180 Å². The fraction of sp³-hybridized carbons (Fsp3) is 0.0833. The molecule has 0 saturated carbocycles. The zero-order chi connectivity index (χ0) is 21.1. The number of likely N-dealkylation sites (N-methyl/N-ethyl adjacent to an activating group) is 1. The van der Waals surface area contributed by atoms with Gasteiger partial charge in [0.05, 0.1) is 11.3 Å². The van der Waals surface area contributed by atoms with Crippen molar-refractivity contribution in [2.75, 3.05) is 11.4 Å². The summed E-state index contributed by atoms with van der Waals surface area (Å²) in [7, 11) is 0. The lowest BCUT2D eigenvalue weighted by atomic mass is 10.0. The number of carbonyl (C=O) groups excluding carboxylic acids is 1. The van der Waals surface area contributed by atoms with Crippen molar-refractivity contribution in [3.63, 3.8) is 0 Å². The van der Waals surface area contributed by atoms with Gasteiger partial charge in [-0.1, -0.05) is 72.0 Å². The maximum absolute atomic E-state index is 13.3. The lowest BCUT2D eigenvalue weighted by molar-refractivity contribution is -0.113. The Morgan fingerprint density at radius 1 is 0.903 bits per heavy atom. The normalized spacial score (nSPS) is 15.3. The number of carbonyl (C=O) groups is 1. The Bertz CT molecular complexity index is 1630. The van der Waals surface area contributed by atoms with Gasteiger partial charge < -0.3 is 4.90 Å². The molecule has 6 nitrogen and oxygen atoms in total. The number of nitrogens with zero attached hydrogens (tertiary/aromatic N) is 4. The minimum absolute atomic E-state index is 0.153. The molecule has 1 amide bonds. The summed E-state index contributed by atoms with van der Waals surface area (Å²) in [6.07, 6.45) is 0. The summed E-state index contributed by atoms with van der Waals surface area (Å²) in [5, 5.41) is 6.63. The SMILES string of the molecule is CCN1C(=O)C(=c2sc3nc(-c4cccc5ccccc45)nn3c2=O)c2ccccc21. The van der Waals surface area contributed by atoms with Crippen LogP contribution in [0.1, 0.15) is 12.5 Å². The highest BCUT2D eigenvalue weighted by Crippen LogP contribution is 2.35. The molecule has 31 heavy (non-hydrogen) atoms. The van der Waals surface area contributed by atoms with Gasteiger partial charge in [0.15, 0.2) is 5.82 Å². The fourth-order valence-electron chi connectivity index (χ4n) is 4.23. The van der Waals surface area contributed by atoms with Crippen molar-refractivity contribution in [1.82, 2.24) is 14.6 Å². The molecular formula is C24H16N4O2S. The molecule has 150 valence electrons. The second-order valence-corrected chi connectivity index (χ2v) is 8.31. The molecule has 0 bridgehead atoms. The third-order valence-electron chi connectivity index (χ3n) is 5.65. The molecule has 1 aliphatic heterocycles. The zero-order valence-electron chi connectivity index (χ0n) is 16.6. The number of para-hydroxylation sites is 1. The molecule has 3 aromatic carbocycles.